The van der Waals surface area contributed by atoms with Gasteiger partial charge in [-0.05, 0) is 55.0 Å². The van der Waals surface area contributed by atoms with Gasteiger partial charge in [-0.1, -0.05) is 23.5 Å². The van der Waals surface area contributed by atoms with Crippen LogP contribution in [0.2, 0.25) is 0 Å². The Labute approximate surface area is 221 Å². The van der Waals surface area contributed by atoms with Crippen LogP contribution < -0.4 is 29.6 Å². The minimum Gasteiger partial charge on any atom is -0.497 e. The van der Waals surface area contributed by atoms with Gasteiger partial charge in [-0.2, -0.15) is 9.50 Å². The van der Waals surface area contributed by atoms with Gasteiger partial charge in [0.2, 0.25) is 4.96 Å². The van der Waals surface area contributed by atoms with Crippen LogP contribution in [-0.2, 0) is 4.79 Å². The summed E-state index contributed by atoms with van der Waals surface area (Å²) in [5.41, 5.74) is 1.86. The number of nitrogens with zero attached hydrogens (tertiary/aromatic N) is 4. The third-order valence-electron chi connectivity index (χ3n) is 5.40. The Bertz CT molecular complexity index is 1700. The molecule has 0 aliphatic carbocycles. The molecule has 0 aliphatic heterocycles. The summed E-state index contributed by atoms with van der Waals surface area (Å²) in [6, 6.07) is 15.9. The molecular weight excluding hydrogens is 506 g/mol. The van der Waals surface area contributed by atoms with Crippen LogP contribution in [0.1, 0.15) is 12.5 Å². The SMILES string of the molecule is CCOc1cc(/C=c2\sc3nc(-c4ccncc4)nn3c2=O)ccc1OCC(=O)Nc1cccc(OC)c1. The van der Waals surface area contributed by atoms with E-state index < -0.39 is 0 Å². The second-order valence-corrected chi connectivity index (χ2v) is 9.00. The lowest BCUT2D eigenvalue weighted by molar-refractivity contribution is -0.118. The molecule has 5 aromatic rings. The van der Waals surface area contributed by atoms with E-state index in [-0.39, 0.29) is 18.1 Å². The standard InChI is InChI=1S/C27H23N5O5S/c1-3-36-22-13-17(7-8-21(22)37-16-24(33)29-19-5-4-6-20(15-19)35-2)14-23-26(34)32-27(38-23)30-25(31-32)18-9-11-28-12-10-18/h4-15H,3,16H2,1-2H3,(H,29,33)/b23-14-. The van der Waals surface area contributed by atoms with E-state index in [1.54, 1.807) is 80.2 Å². The van der Waals surface area contributed by atoms with E-state index in [0.29, 0.717) is 44.9 Å². The number of methoxy groups -OCH3 is 1. The first-order valence-electron chi connectivity index (χ1n) is 11.7. The number of thiazole rings is 1. The second-order valence-electron chi connectivity index (χ2n) is 7.99. The van der Waals surface area contributed by atoms with Gasteiger partial charge < -0.3 is 19.5 Å². The highest BCUT2D eigenvalue weighted by molar-refractivity contribution is 7.15. The van der Waals surface area contributed by atoms with Crippen LogP contribution in [-0.4, -0.2) is 45.8 Å². The summed E-state index contributed by atoms with van der Waals surface area (Å²) in [7, 11) is 1.56. The number of anilines is 1. The molecule has 10 nitrogen and oxygen atoms in total. The predicted octanol–water partition coefficient (Wildman–Crippen LogP) is 3.19. The molecule has 0 aliphatic rings. The monoisotopic (exact) mass is 529 g/mol. The Morgan fingerprint density at radius 1 is 1.08 bits per heavy atom. The number of rotatable bonds is 9. The van der Waals surface area contributed by atoms with Crippen LogP contribution in [0.4, 0.5) is 5.69 Å². The first-order chi connectivity index (χ1) is 18.5. The molecule has 0 spiro atoms. The first kappa shape index (κ1) is 24.9. The molecule has 3 aromatic heterocycles. The number of benzene rings is 2. The topological polar surface area (TPSA) is 117 Å². The first-order valence-corrected chi connectivity index (χ1v) is 12.5. The number of pyridine rings is 1. The summed E-state index contributed by atoms with van der Waals surface area (Å²) < 4.78 is 18.4. The van der Waals surface area contributed by atoms with E-state index in [0.717, 1.165) is 11.1 Å². The lowest BCUT2D eigenvalue weighted by atomic mass is 10.2. The maximum absolute atomic E-state index is 12.9. The fourth-order valence-electron chi connectivity index (χ4n) is 3.65. The summed E-state index contributed by atoms with van der Waals surface area (Å²) in [5, 5.41) is 7.12. The van der Waals surface area contributed by atoms with Gasteiger partial charge >= 0.3 is 0 Å². The molecule has 0 atom stereocenters. The fraction of sp³-hybridized carbons (Fsp3) is 0.148. The van der Waals surface area contributed by atoms with Gasteiger partial charge in [-0.3, -0.25) is 14.6 Å². The molecule has 0 fully saturated rings. The van der Waals surface area contributed by atoms with Gasteiger partial charge in [0.05, 0.1) is 18.2 Å². The van der Waals surface area contributed by atoms with E-state index in [9.17, 15) is 9.59 Å². The number of ether oxygens (including phenoxy) is 3. The van der Waals surface area contributed by atoms with E-state index in [2.05, 4.69) is 20.4 Å². The van der Waals surface area contributed by atoms with Crippen LogP contribution in [0.5, 0.6) is 17.2 Å². The van der Waals surface area contributed by atoms with Gasteiger partial charge in [0, 0.05) is 29.7 Å². The lowest BCUT2D eigenvalue weighted by Gasteiger charge is -2.13. The molecule has 0 radical (unpaired) electrons. The average Bonchev–Trinajstić information content (AvgIpc) is 3.48. The number of aromatic nitrogens is 4. The molecule has 0 unspecified atom stereocenters. The van der Waals surface area contributed by atoms with Crippen molar-refractivity contribution in [3.63, 3.8) is 0 Å². The highest BCUT2D eigenvalue weighted by atomic mass is 32.1. The molecule has 3 heterocycles. The third-order valence-corrected chi connectivity index (χ3v) is 6.36. The molecule has 2 aromatic carbocycles. The largest absolute Gasteiger partial charge is 0.497 e. The quantitative estimate of drug-likeness (QED) is 0.310. The van der Waals surface area contributed by atoms with E-state index in [4.69, 9.17) is 14.2 Å². The lowest BCUT2D eigenvalue weighted by Crippen LogP contribution is -2.23. The Balaban J connectivity index is 1.33. The van der Waals surface area contributed by atoms with Gasteiger partial charge in [0.25, 0.3) is 11.5 Å². The van der Waals surface area contributed by atoms with Crippen molar-refractivity contribution in [2.75, 3.05) is 25.6 Å². The normalized spacial score (nSPS) is 11.5. The Morgan fingerprint density at radius 2 is 1.92 bits per heavy atom. The minimum atomic E-state index is -0.326. The molecule has 5 rings (SSSR count). The van der Waals surface area contributed by atoms with E-state index in [1.165, 1.54) is 15.9 Å². The summed E-state index contributed by atoms with van der Waals surface area (Å²) in [6.45, 7) is 2.04. The zero-order valence-corrected chi connectivity index (χ0v) is 21.4. The van der Waals surface area contributed by atoms with Crippen LogP contribution in [0.15, 0.2) is 71.8 Å². The molecule has 11 heteroatoms. The van der Waals surface area contributed by atoms with Crippen molar-refractivity contribution in [2.45, 2.75) is 6.92 Å². The zero-order valence-electron chi connectivity index (χ0n) is 20.6. The van der Waals surface area contributed by atoms with Crippen molar-refractivity contribution in [1.29, 1.82) is 0 Å². The Hall–Kier alpha value is -4.77. The molecule has 0 bridgehead atoms. The highest BCUT2D eigenvalue weighted by Gasteiger charge is 2.13. The van der Waals surface area contributed by atoms with Crippen molar-refractivity contribution in [3.8, 4) is 28.6 Å². The molecule has 0 saturated heterocycles. The average molecular weight is 530 g/mol. The summed E-state index contributed by atoms with van der Waals surface area (Å²) in [5.74, 6) is 1.66. The van der Waals surface area contributed by atoms with Crippen molar-refractivity contribution in [1.82, 2.24) is 19.6 Å². The maximum Gasteiger partial charge on any atom is 0.291 e. The Kier molecular flexibility index (Phi) is 7.27. The fourth-order valence-corrected chi connectivity index (χ4v) is 4.56. The summed E-state index contributed by atoms with van der Waals surface area (Å²) >= 11 is 1.25. The second kappa shape index (κ2) is 11.1. The number of hydrogen-bond donors (Lipinski definition) is 1. The number of nitrogens with one attached hydrogen (secondary N) is 1. The van der Waals surface area contributed by atoms with Gasteiger partial charge in [0.15, 0.2) is 23.9 Å². The van der Waals surface area contributed by atoms with Gasteiger partial charge in [-0.25, -0.2) is 0 Å². The number of carbonyl (C=O) groups excluding carboxylic acids is 1. The predicted molar refractivity (Wildman–Crippen MR) is 144 cm³/mol. The van der Waals surface area contributed by atoms with Crippen molar-refractivity contribution >= 4 is 34.0 Å². The smallest absolute Gasteiger partial charge is 0.291 e. The number of fused-ring (bicyclic) bond motifs is 1. The van der Waals surface area contributed by atoms with E-state index >= 15 is 0 Å². The van der Waals surface area contributed by atoms with Crippen LogP contribution in [0.3, 0.4) is 0 Å². The zero-order chi connectivity index (χ0) is 26.5. The van der Waals surface area contributed by atoms with Gasteiger partial charge in [0.1, 0.15) is 5.75 Å². The Morgan fingerprint density at radius 3 is 2.68 bits per heavy atom. The molecule has 192 valence electrons. The number of hydrogen-bond acceptors (Lipinski definition) is 9. The van der Waals surface area contributed by atoms with Crippen LogP contribution in [0, 0.1) is 0 Å². The number of carbonyl (C=O) groups is 1. The van der Waals surface area contributed by atoms with Crippen molar-refractivity contribution in [2.24, 2.45) is 0 Å². The molecule has 1 N–H and O–H groups in total. The molecule has 38 heavy (non-hydrogen) atoms. The number of amides is 1. The van der Waals surface area contributed by atoms with Gasteiger partial charge in [-0.15, -0.1) is 5.10 Å². The van der Waals surface area contributed by atoms with Crippen LogP contribution in [0.25, 0.3) is 22.4 Å². The maximum atomic E-state index is 12.9. The third kappa shape index (κ3) is 5.47. The molecular formula is C27H23N5O5S. The molecule has 0 saturated carbocycles. The van der Waals surface area contributed by atoms with Crippen molar-refractivity contribution < 1.29 is 19.0 Å². The summed E-state index contributed by atoms with van der Waals surface area (Å²) in [6.07, 6.45) is 5.05. The van der Waals surface area contributed by atoms with Crippen LogP contribution >= 0.6 is 11.3 Å². The molecule has 1 amide bonds. The van der Waals surface area contributed by atoms with Crippen molar-refractivity contribution in [3.05, 3.63) is 87.4 Å². The highest BCUT2D eigenvalue weighted by Crippen LogP contribution is 2.29. The van der Waals surface area contributed by atoms with E-state index in [1.807, 2.05) is 6.92 Å². The summed E-state index contributed by atoms with van der Waals surface area (Å²) in [4.78, 5) is 34.3. The minimum absolute atomic E-state index is 0.210.